The molecular formula is C10H12Br2N2O2. The zero-order valence-electron chi connectivity index (χ0n) is 8.58. The number of hydrogen-bond acceptors (Lipinski definition) is 3. The molecule has 1 aromatic rings. The van der Waals surface area contributed by atoms with Crippen LogP contribution in [0, 0.1) is 0 Å². The largest absolute Gasteiger partial charge is 0.379 e. The molecule has 1 heterocycles. The van der Waals surface area contributed by atoms with Crippen molar-refractivity contribution >= 4 is 37.8 Å². The van der Waals surface area contributed by atoms with Gasteiger partial charge in [-0.1, -0.05) is 15.9 Å². The lowest BCUT2D eigenvalue weighted by molar-refractivity contribution is 0.0923. The first-order valence-corrected chi connectivity index (χ1v) is 6.68. The Kier molecular flexibility index (Phi) is 6.59. The minimum Gasteiger partial charge on any atom is -0.379 e. The average molecular weight is 352 g/mol. The molecular weight excluding hydrogens is 340 g/mol. The van der Waals surface area contributed by atoms with E-state index >= 15 is 0 Å². The first-order valence-electron chi connectivity index (χ1n) is 4.76. The van der Waals surface area contributed by atoms with Crippen molar-refractivity contribution in [2.24, 2.45) is 0 Å². The molecule has 0 atom stereocenters. The Bertz CT molecular complexity index is 347. The number of ether oxygens (including phenoxy) is 1. The van der Waals surface area contributed by atoms with Crippen molar-refractivity contribution < 1.29 is 9.53 Å². The number of carbonyl (C=O) groups excluding carboxylic acids is 1. The monoisotopic (exact) mass is 350 g/mol. The summed E-state index contributed by atoms with van der Waals surface area (Å²) in [5.74, 6) is -0.142. The fourth-order valence-electron chi connectivity index (χ4n) is 1.03. The zero-order valence-corrected chi connectivity index (χ0v) is 11.8. The molecule has 1 aromatic heterocycles. The summed E-state index contributed by atoms with van der Waals surface area (Å²) in [6, 6.07) is 1.72. The summed E-state index contributed by atoms with van der Waals surface area (Å²) >= 11 is 6.51. The van der Waals surface area contributed by atoms with E-state index < -0.39 is 0 Å². The van der Waals surface area contributed by atoms with Crippen LogP contribution in [-0.4, -0.2) is 36.0 Å². The Balaban J connectivity index is 2.30. The van der Waals surface area contributed by atoms with Crippen LogP contribution in [0.4, 0.5) is 0 Å². The number of rotatable bonds is 6. The maximum Gasteiger partial charge on any atom is 0.252 e. The van der Waals surface area contributed by atoms with Crippen LogP contribution < -0.4 is 5.32 Å². The standard InChI is InChI=1S/C10H12Br2N2O2/c11-1-3-16-4-2-14-10(15)8-5-9(12)7-13-6-8/h5-7H,1-4H2,(H,14,15). The van der Waals surface area contributed by atoms with Gasteiger partial charge in [-0.2, -0.15) is 0 Å². The van der Waals surface area contributed by atoms with Crippen molar-refractivity contribution in [1.29, 1.82) is 0 Å². The third-order valence-electron chi connectivity index (χ3n) is 1.72. The smallest absolute Gasteiger partial charge is 0.252 e. The Morgan fingerprint density at radius 1 is 1.44 bits per heavy atom. The maximum absolute atomic E-state index is 11.6. The van der Waals surface area contributed by atoms with Crippen molar-refractivity contribution in [1.82, 2.24) is 10.3 Å². The first kappa shape index (κ1) is 13.6. The number of nitrogens with one attached hydrogen (secondary N) is 1. The summed E-state index contributed by atoms with van der Waals surface area (Å²) in [5.41, 5.74) is 0.537. The highest BCUT2D eigenvalue weighted by Gasteiger charge is 2.05. The van der Waals surface area contributed by atoms with Crippen LogP contribution in [0.2, 0.25) is 0 Å². The van der Waals surface area contributed by atoms with Crippen molar-refractivity contribution in [3.8, 4) is 0 Å². The molecule has 1 rings (SSSR count). The molecule has 16 heavy (non-hydrogen) atoms. The number of alkyl halides is 1. The molecule has 0 fully saturated rings. The minimum absolute atomic E-state index is 0.142. The number of pyridine rings is 1. The second-order valence-electron chi connectivity index (χ2n) is 2.95. The molecule has 1 N–H and O–H groups in total. The molecule has 0 aliphatic rings. The zero-order chi connectivity index (χ0) is 11.8. The summed E-state index contributed by atoms with van der Waals surface area (Å²) in [5, 5.41) is 3.55. The fraction of sp³-hybridized carbons (Fsp3) is 0.400. The summed E-state index contributed by atoms with van der Waals surface area (Å²) in [6.07, 6.45) is 3.16. The van der Waals surface area contributed by atoms with E-state index in [0.29, 0.717) is 25.3 Å². The van der Waals surface area contributed by atoms with Gasteiger partial charge < -0.3 is 10.1 Å². The highest BCUT2D eigenvalue weighted by molar-refractivity contribution is 9.10. The minimum atomic E-state index is -0.142. The van der Waals surface area contributed by atoms with E-state index in [1.165, 1.54) is 6.20 Å². The van der Waals surface area contributed by atoms with Crippen LogP contribution in [-0.2, 0) is 4.74 Å². The molecule has 0 unspecified atom stereocenters. The lowest BCUT2D eigenvalue weighted by Crippen LogP contribution is -2.27. The quantitative estimate of drug-likeness (QED) is 0.629. The number of amides is 1. The molecule has 4 nitrogen and oxygen atoms in total. The third kappa shape index (κ3) is 5.05. The molecule has 0 aliphatic heterocycles. The van der Waals surface area contributed by atoms with E-state index in [4.69, 9.17) is 4.74 Å². The Labute approximate surface area is 111 Å². The van der Waals surface area contributed by atoms with Crippen LogP contribution in [0.3, 0.4) is 0 Å². The van der Waals surface area contributed by atoms with Gasteiger partial charge in [0.25, 0.3) is 5.91 Å². The topological polar surface area (TPSA) is 51.2 Å². The van der Waals surface area contributed by atoms with E-state index in [2.05, 4.69) is 42.2 Å². The van der Waals surface area contributed by atoms with Crippen molar-refractivity contribution in [2.75, 3.05) is 25.1 Å². The molecule has 0 aliphatic carbocycles. The number of aromatic nitrogens is 1. The highest BCUT2D eigenvalue weighted by atomic mass is 79.9. The van der Waals surface area contributed by atoms with Crippen LogP contribution in [0.5, 0.6) is 0 Å². The van der Waals surface area contributed by atoms with Gasteiger partial charge in [-0.05, 0) is 22.0 Å². The van der Waals surface area contributed by atoms with Gasteiger partial charge >= 0.3 is 0 Å². The van der Waals surface area contributed by atoms with Gasteiger partial charge in [-0.25, -0.2) is 0 Å². The molecule has 0 radical (unpaired) electrons. The summed E-state index contributed by atoms with van der Waals surface area (Å²) in [4.78, 5) is 15.5. The van der Waals surface area contributed by atoms with Crippen molar-refractivity contribution in [3.05, 3.63) is 28.5 Å². The number of carbonyl (C=O) groups is 1. The SMILES string of the molecule is O=C(NCCOCCBr)c1cncc(Br)c1. The molecule has 1 amide bonds. The van der Waals surface area contributed by atoms with Crippen molar-refractivity contribution in [2.45, 2.75) is 0 Å². The maximum atomic E-state index is 11.6. The molecule has 88 valence electrons. The average Bonchev–Trinajstić information content (AvgIpc) is 2.28. The summed E-state index contributed by atoms with van der Waals surface area (Å²) in [6.45, 7) is 1.66. The highest BCUT2D eigenvalue weighted by Crippen LogP contribution is 2.09. The van der Waals surface area contributed by atoms with E-state index in [-0.39, 0.29) is 5.91 Å². The second kappa shape index (κ2) is 7.76. The first-order chi connectivity index (χ1) is 7.74. The van der Waals surface area contributed by atoms with Gasteiger partial charge in [0.2, 0.25) is 0 Å². The number of nitrogens with zero attached hydrogens (tertiary/aromatic N) is 1. The van der Waals surface area contributed by atoms with Gasteiger partial charge in [0, 0.05) is 28.7 Å². The normalized spacial score (nSPS) is 10.1. The molecule has 0 saturated heterocycles. The van der Waals surface area contributed by atoms with Crippen molar-refractivity contribution in [3.63, 3.8) is 0 Å². The van der Waals surface area contributed by atoms with Gasteiger partial charge in [-0.3, -0.25) is 9.78 Å². The summed E-state index contributed by atoms with van der Waals surface area (Å²) < 4.78 is 5.99. The molecule has 0 aromatic carbocycles. The van der Waals surface area contributed by atoms with E-state index in [1.807, 2.05) is 0 Å². The van der Waals surface area contributed by atoms with E-state index in [9.17, 15) is 4.79 Å². The number of halogens is 2. The van der Waals surface area contributed by atoms with Crippen LogP contribution >= 0.6 is 31.9 Å². The Morgan fingerprint density at radius 3 is 2.94 bits per heavy atom. The van der Waals surface area contributed by atoms with E-state index in [1.54, 1.807) is 12.3 Å². The predicted octanol–water partition coefficient (Wildman–Crippen LogP) is 1.99. The lowest BCUT2D eigenvalue weighted by Gasteiger charge is -2.05. The predicted molar refractivity (Wildman–Crippen MR) is 68.9 cm³/mol. The number of hydrogen-bond donors (Lipinski definition) is 1. The van der Waals surface area contributed by atoms with Gasteiger partial charge in [0.15, 0.2) is 0 Å². The van der Waals surface area contributed by atoms with E-state index in [0.717, 1.165) is 9.80 Å². The van der Waals surface area contributed by atoms with Crippen LogP contribution in [0.1, 0.15) is 10.4 Å². The summed E-state index contributed by atoms with van der Waals surface area (Å²) in [7, 11) is 0. The van der Waals surface area contributed by atoms with Gasteiger partial charge in [-0.15, -0.1) is 0 Å². The Morgan fingerprint density at radius 2 is 2.25 bits per heavy atom. The fourth-order valence-corrected chi connectivity index (χ4v) is 1.63. The molecule has 0 saturated carbocycles. The molecule has 6 heteroatoms. The molecule has 0 spiro atoms. The van der Waals surface area contributed by atoms with Gasteiger partial charge in [0.1, 0.15) is 0 Å². The second-order valence-corrected chi connectivity index (χ2v) is 4.66. The van der Waals surface area contributed by atoms with Crippen LogP contribution in [0.15, 0.2) is 22.9 Å². The van der Waals surface area contributed by atoms with Gasteiger partial charge in [0.05, 0.1) is 18.8 Å². The molecule has 0 bridgehead atoms. The lowest BCUT2D eigenvalue weighted by atomic mass is 10.3. The Hall–Kier alpha value is -0.460. The third-order valence-corrected chi connectivity index (χ3v) is 2.48. The van der Waals surface area contributed by atoms with Crippen LogP contribution in [0.25, 0.3) is 0 Å².